The highest BCUT2D eigenvalue weighted by atomic mass is 19.1. The molecule has 5 nitrogen and oxygen atoms in total. The van der Waals surface area contributed by atoms with Gasteiger partial charge in [0.05, 0.1) is 12.1 Å². The van der Waals surface area contributed by atoms with E-state index in [9.17, 15) is 9.18 Å². The maximum absolute atomic E-state index is 13.0. The van der Waals surface area contributed by atoms with Gasteiger partial charge in [-0.2, -0.15) is 0 Å². The predicted octanol–water partition coefficient (Wildman–Crippen LogP) is 3.96. The number of para-hydroxylation sites is 1. The second-order valence-electron chi connectivity index (χ2n) is 5.76. The van der Waals surface area contributed by atoms with Crippen molar-refractivity contribution in [3.8, 4) is 11.3 Å². The predicted molar refractivity (Wildman–Crippen MR) is 94.8 cm³/mol. The average Bonchev–Trinajstić information content (AvgIpc) is 3.15. The van der Waals surface area contributed by atoms with Crippen molar-refractivity contribution in [2.75, 3.05) is 0 Å². The van der Waals surface area contributed by atoms with Crippen LogP contribution < -0.4 is 5.32 Å². The van der Waals surface area contributed by atoms with Crippen LogP contribution in [0.25, 0.3) is 22.2 Å². The van der Waals surface area contributed by atoms with Gasteiger partial charge >= 0.3 is 0 Å². The molecule has 0 aliphatic carbocycles. The number of rotatable bonds is 4. The number of aromatic nitrogens is 2. The number of nitrogens with one attached hydrogen (secondary N) is 1. The van der Waals surface area contributed by atoms with Crippen molar-refractivity contribution >= 4 is 16.8 Å². The van der Waals surface area contributed by atoms with Gasteiger partial charge in [-0.15, -0.1) is 0 Å². The summed E-state index contributed by atoms with van der Waals surface area (Å²) in [5.41, 5.74) is 2.39. The summed E-state index contributed by atoms with van der Waals surface area (Å²) < 4.78 is 18.2. The molecule has 0 atom stereocenters. The number of pyridine rings is 1. The van der Waals surface area contributed by atoms with Gasteiger partial charge in [-0.1, -0.05) is 29.4 Å². The summed E-state index contributed by atoms with van der Waals surface area (Å²) in [6, 6.07) is 18.8. The summed E-state index contributed by atoms with van der Waals surface area (Å²) in [4.78, 5) is 16.7. The van der Waals surface area contributed by atoms with Gasteiger partial charge in [0.25, 0.3) is 5.91 Å². The molecule has 128 valence electrons. The molecule has 0 saturated carbocycles. The Bertz CT molecular complexity index is 1070. The largest absolute Gasteiger partial charge is 0.356 e. The van der Waals surface area contributed by atoms with Gasteiger partial charge in [0, 0.05) is 17.0 Å². The van der Waals surface area contributed by atoms with Gasteiger partial charge in [-0.3, -0.25) is 4.79 Å². The lowest BCUT2D eigenvalue weighted by Gasteiger charge is -2.03. The van der Waals surface area contributed by atoms with E-state index in [1.807, 2.05) is 30.3 Å². The van der Waals surface area contributed by atoms with Gasteiger partial charge in [-0.05, 0) is 36.4 Å². The number of carbonyl (C=O) groups excluding carboxylic acids is 1. The zero-order valence-corrected chi connectivity index (χ0v) is 13.6. The minimum Gasteiger partial charge on any atom is -0.356 e. The molecule has 0 aliphatic rings. The molecular formula is C20H14FN3O2. The van der Waals surface area contributed by atoms with E-state index in [1.165, 1.54) is 12.1 Å². The van der Waals surface area contributed by atoms with E-state index in [0.29, 0.717) is 22.7 Å². The minimum atomic E-state index is -0.316. The molecule has 6 heteroatoms. The summed E-state index contributed by atoms with van der Waals surface area (Å²) in [5, 5.41) is 7.67. The third kappa shape index (κ3) is 3.30. The summed E-state index contributed by atoms with van der Waals surface area (Å²) in [7, 11) is 0. The molecule has 0 unspecified atom stereocenters. The van der Waals surface area contributed by atoms with Crippen molar-refractivity contribution in [2.24, 2.45) is 0 Å². The number of nitrogens with zero attached hydrogens (tertiary/aromatic N) is 2. The molecule has 0 saturated heterocycles. The van der Waals surface area contributed by atoms with Crippen molar-refractivity contribution in [2.45, 2.75) is 6.54 Å². The monoisotopic (exact) mass is 347 g/mol. The second kappa shape index (κ2) is 6.76. The average molecular weight is 347 g/mol. The molecule has 26 heavy (non-hydrogen) atoms. The van der Waals surface area contributed by atoms with E-state index in [0.717, 1.165) is 10.9 Å². The van der Waals surface area contributed by atoms with E-state index >= 15 is 0 Å². The zero-order valence-electron chi connectivity index (χ0n) is 13.6. The van der Waals surface area contributed by atoms with Gasteiger partial charge < -0.3 is 9.84 Å². The molecule has 0 radical (unpaired) electrons. The molecule has 0 fully saturated rings. The lowest BCUT2D eigenvalue weighted by Crippen LogP contribution is -2.23. The van der Waals surface area contributed by atoms with Gasteiger partial charge in [-0.25, -0.2) is 9.37 Å². The highest BCUT2D eigenvalue weighted by Gasteiger charge is 2.11. The lowest BCUT2D eigenvalue weighted by atomic mass is 10.1. The number of hydrogen-bond donors (Lipinski definition) is 1. The van der Waals surface area contributed by atoms with Crippen LogP contribution in [-0.2, 0) is 6.54 Å². The first-order chi connectivity index (χ1) is 12.7. The Morgan fingerprint density at radius 2 is 1.85 bits per heavy atom. The van der Waals surface area contributed by atoms with Gasteiger partial charge in [0.15, 0.2) is 5.76 Å². The first kappa shape index (κ1) is 16.0. The summed E-state index contributed by atoms with van der Waals surface area (Å²) in [5.74, 6) is -0.0937. The van der Waals surface area contributed by atoms with Gasteiger partial charge in [0.2, 0.25) is 0 Å². The van der Waals surface area contributed by atoms with Crippen molar-refractivity contribution in [1.29, 1.82) is 0 Å². The quantitative estimate of drug-likeness (QED) is 0.607. The zero-order chi connectivity index (χ0) is 17.9. The third-order valence-electron chi connectivity index (χ3n) is 3.95. The Hall–Kier alpha value is -3.54. The molecule has 2 aromatic heterocycles. The number of carbonyl (C=O) groups is 1. The molecule has 4 rings (SSSR count). The molecule has 1 N–H and O–H groups in total. The molecule has 4 aromatic rings. The molecule has 0 spiro atoms. The fraction of sp³-hybridized carbons (Fsp3) is 0.0500. The fourth-order valence-electron chi connectivity index (χ4n) is 2.60. The number of hydrogen-bond acceptors (Lipinski definition) is 4. The summed E-state index contributed by atoms with van der Waals surface area (Å²) >= 11 is 0. The Balaban J connectivity index is 1.45. The van der Waals surface area contributed by atoms with E-state index in [4.69, 9.17) is 4.52 Å². The van der Waals surface area contributed by atoms with Crippen LogP contribution in [0.5, 0.6) is 0 Å². The van der Waals surface area contributed by atoms with Crippen molar-refractivity contribution in [3.63, 3.8) is 0 Å². The normalized spacial score (nSPS) is 10.8. The Morgan fingerprint density at radius 3 is 2.69 bits per heavy atom. The number of halogens is 1. The standard InChI is InChI=1S/C20H14FN3O2/c21-15-8-5-14(6-9-15)19-11-16(24-26-19)12-22-20(25)18-10-7-13-3-1-2-4-17(13)23-18/h1-11H,12H2,(H,22,25). The first-order valence-corrected chi connectivity index (χ1v) is 8.04. The first-order valence-electron chi connectivity index (χ1n) is 8.04. The minimum absolute atomic E-state index is 0.206. The van der Waals surface area contributed by atoms with Crippen LogP contribution >= 0.6 is 0 Å². The molecule has 0 aliphatic heterocycles. The van der Waals surface area contributed by atoms with Gasteiger partial charge in [0.1, 0.15) is 17.2 Å². The van der Waals surface area contributed by atoms with E-state index in [2.05, 4.69) is 15.5 Å². The third-order valence-corrected chi connectivity index (χ3v) is 3.95. The maximum atomic E-state index is 13.0. The van der Waals surface area contributed by atoms with Crippen LogP contribution in [0.1, 0.15) is 16.2 Å². The van der Waals surface area contributed by atoms with E-state index < -0.39 is 0 Å². The van der Waals surface area contributed by atoms with Crippen LogP contribution in [0.15, 0.2) is 71.3 Å². The van der Waals surface area contributed by atoms with E-state index in [-0.39, 0.29) is 18.3 Å². The lowest BCUT2D eigenvalue weighted by molar-refractivity contribution is 0.0945. The molecule has 1 amide bonds. The maximum Gasteiger partial charge on any atom is 0.270 e. The molecule has 0 bridgehead atoms. The number of fused-ring (bicyclic) bond motifs is 1. The van der Waals surface area contributed by atoms with Crippen LogP contribution in [0.2, 0.25) is 0 Å². The highest BCUT2D eigenvalue weighted by Crippen LogP contribution is 2.20. The van der Waals surface area contributed by atoms with Crippen LogP contribution in [0, 0.1) is 5.82 Å². The highest BCUT2D eigenvalue weighted by molar-refractivity contribution is 5.94. The van der Waals surface area contributed by atoms with Crippen LogP contribution in [-0.4, -0.2) is 16.0 Å². The Kier molecular flexibility index (Phi) is 4.15. The SMILES string of the molecule is O=C(NCc1cc(-c2ccc(F)cc2)on1)c1ccc2ccccc2n1. The number of benzene rings is 2. The van der Waals surface area contributed by atoms with Crippen molar-refractivity contribution in [1.82, 2.24) is 15.5 Å². The van der Waals surface area contributed by atoms with Crippen LogP contribution in [0.4, 0.5) is 4.39 Å². The molecular weight excluding hydrogens is 333 g/mol. The number of amides is 1. The second-order valence-corrected chi connectivity index (χ2v) is 5.76. The summed E-state index contributed by atoms with van der Waals surface area (Å²) in [6.07, 6.45) is 0. The Labute approximate surface area is 148 Å². The summed E-state index contributed by atoms with van der Waals surface area (Å²) in [6.45, 7) is 0.206. The van der Waals surface area contributed by atoms with Crippen molar-refractivity contribution < 1.29 is 13.7 Å². The smallest absolute Gasteiger partial charge is 0.270 e. The Morgan fingerprint density at radius 1 is 1.04 bits per heavy atom. The van der Waals surface area contributed by atoms with Crippen LogP contribution in [0.3, 0.4) is 0 Å². The van der Waals surface area contributed by atoms with Crippen molar-refractivity contribution in [3.05, 3.63) is 83.9 Å². The van der Waals surface area contributed by atoms with E-state index in [1.54, 1.807) is 24.3 Å². The fourth-order valence-corrected chi connectivity index (χ4v) is 2.60. The molecule has 2 heterocycles. The topological polar surface area (TPSA) is 68.0 Å². The molecule has 2 aromatic carbocycles.